The molecule has 0 aromatic heterocycles. The molecule has 0 aromatic carbocycles. The van der Waals surface area contributed by atoms with Crippen LogP contribution in [0.2, 0.25) is 0 Å². The van der Waals surface area contributed by atoms with Crippen molar-refractivity contribution in [1.82, 2.24) is 4.90 Å². The molecule has 0 aliphatic carbocycles. The van der Waals surface area contributed by atoms with Gasteiger partial charge in [0, 0.05) is 12.1 Å². The monoisotopic (exact) mass is 179 g/mol. The molecule has 1 saturated heterocycles. The largest absolute Gasteiger partial charge is 0.293 e. The van der Waals surface area contributed by atoms with Gasteiger partial charge in [0.2, 0.25) is 0 Å². The summed E-state index contributed by atoms with van der Waals surface area (Å²) in [5.41, 5.74) is 0. The Kier molecular flexibility index (Phi) is 2.73. The van der Waals surface area contributed by atoms with E-state index in [2.05, 4.69) is 30.9 Å². The average molecular weight is 179 g/mol. The Balaban J connectivity index is 2.08. The number of rotatable bonds is 2. The molecule has 0 N–H and O–H groups in total. The van der Waals surface area contributed by atoms with Gasteiger partial charge >= 0.3 is 0 Å². The van der Waals surface area contributed by atoms with Crippen LogP contribution in [0.15, 0.2) is 12.2 Å². The molecule has 13 heavy (non-hydrogen) atoms. The summed E-state index contributed by atoms with van der Waals surface area (Å²) < 4.78 is 0. The second kappa shape index (κ2) is 3.83. The minimum Gasteiger partial charge on any atom is -0.293 e. The van der Waals surface area contributed by atoms with E-state index in [1.807, 2.05) is 0 Å². The number of nitrogens with zero attached hydrogens (tertiary/aromatic N) is 1. The van der Waals surface area contributed by atoms with Gasteiger partial charge in [0.05, 0.1) is 0 Å². The third-order valence-corrected chi connectivity index (χ3v) is 3.60. The van der Waals surface area contributed by atoms with Crippen molar-refractivity contribution in [3.05, 3.63) is 12.2 Å². The molecular weight excluding hydrogens is 158 g/mol. The number of hydrogen-bond acceptors (Lipinski definition) is 1. The predicted octanol–water partition coefficient (Wildman–Crippen LogP) is 2.83. The molecular formula is C12H21N. The Morgan fingerprint density at radius 1 is 1.38 bits per heavy atom. The molecule has 74 valence electrons. The zero-order valence-corrected chi connectivity index (χ0v) is 8.87. The lowest BCUT2D eigenvalue weighted by atomic mass is 9.92. The lowest BCUT2D eigenvalue weighted by Crippen LogP contribution is -2.43. The highest BCUT2D eigenvalue weighted by atomic mass is 15.2. The van der Waals surface area contributed by atoms with E-state index in [1.165, 1.54) is 32.2 Å². The first-order valence-corrected chi connectivity index (χ1v) is 5.77. The highest BCUT2D eigenvalue weighted by molar-refractivity contribution is 5.08. The predicted molar refractivity (Wildman–Crippen MR) is 56.7 cm³/mol. The van der Waals surface area contributed by atoms with Crippen molar-refractivity contribution in [2.75, 3.05) is 6.54 Å². The zero-order valence-electron chi connectivity index (χ0n) is 8.87. The minimum absolute atomic E-state index is 0.758. The van der Waals surface area contributed by atoms with E-state index in [0.717, 1.165) is 18.0 Å². The van der Waals surface area contributed by atoms with Crippen LogP contribution in [-0.2, 0) is 0 Å². The van der Waals surface area contributed by atoms with E-state index in [1.54, 1.807) is 0 Å². The molecule has 1 nitrogen and oxygen atoms in total. The lowest BCUT2D eigenvalue weighted by Gasteiger charge is -2.37. The average Bonchev–Trinajstić information content (AvgIpc) is 2.59. The van der Waals surface area contributed by atoms with Crippen molar-refractivity contribution in [3.8, 4) is 0 Å². The minimum atomic E-state index is 0.758. The Hall–Kier alpha value is -0.300. The summed E-state index contributed by atoms with van der Waals surface area (Å²) in [6.45, 7) is 5.99. The standard InChI is InChI=1S/C12H21N/c1-3-5-11-8-7-10(2)12-6-4-9-13(11)12/h7-8,10-12H,3-6,9H2,1-2H3/t10-,11-,12+/m0/s1. The number of fused-ring (bicyclic) bond motifs is 1. The van der Waals surface area contributed by atoms with Gasteiger partial charge in [-0.25, -0.2) is 0 Å². The van der Waals surface area contributed by atoms with Crippen LogP contribution in [0, 0.1) is 5.92 Å². The Bertz CT molecular complexity index is 197. The quantitative estimate of drug-likeness (QED) is 0.589. The van der Waals surface area contributed by atoms with Gasteiger partial charge < -0.3 is 0 Å². The summed E-state index contributed by atoms with van der Waals surface area (Å²) in [6.07, 6.45) is 10.4. The van der Waals surface area contributed by atoms with E-state index in [4.69, 9.17) is 0 Å². The van der Waals surface area contributed by atoms with E-state index in [0.29, 0.717) is 0 Å². The maximum Gasteiger partial charge on any atom is 0.0281 e. The third kappa shape index (κ3) is 1.67. The molecule has 0 aromatic rings. The van der Waals surface area contributed by atoms with Crippen molar-refractivity contribution in [1.29, 1.82) is 0 Å². The highest BCUT2D eigenvalue weighted by Gasteiger charge is 2.34. The molecule has 0 spiro atoms. The first-order valence-electron chi connectivity index (χ1n) is 5.77. The summed E-state index contributed by atoms with van der Waals surface area (Å²) in [4.78, 5) is 2.73. The summed E-state index contributed by atoms with van der Waals surface area (Å²) in [7, 11) is 0. The topological polar surface area (TPSA) is 3.24 Å². The maximum atomic E-state index is 2.73. The third-order valence-electron chi connectivity index (χ3n) is 3.60. The zero-order chi connectivity index (χ0) is 9.26. The van der Waals surface area contributed by atoms with Crippen molar-refractivity contribution in [3.63, 3.8) is 0 Å². The van der Waals surface area contributed by atoms with Crippen LogP contribution in [-0.4, -0.2) is 23.5 Å². The SMILES string of the molecule is CCC[C@H]1C=C[C@H](C)[C@H]2CCCN12. The van der Waals surface area contributed by atoms with E-state index < -0.39 is 0 Å². The van der Waals surface area contributed by atoms with Gasteiger partial charge in [-0.2, -0.15) is 0 Å². The van der Waals surface area contributed by atoms with Crippen LogP contribution in [0.25, 0.3) is 0 Å². The van der Waals surface area contributed by atoms with Crippen LogP contribution in [0.4, 0.5) is 0 Å². The molecule has 0 amide bonds. The first-order chi connectivity index (χ1) is 6.33. The van der Waals surface area contributed by atoms with Gasteiger partial charge in [-0.1, -0.05) is 32.4 Å². The van der Waals surface area contributed by atoms with E-state index in [-0.39, 0.29) is 0 Å². The second-order valence-electron chi connectivity index (χ2n) is 4.55. The summed E-state index contributed by atoms with van der Waals surface area (Å²) in [5, 5.41) is 0. The molecule has 2 rings (SSSR count). The molecule has 2 aliphatic rings. The summed E-state index contributed by atoms with van der Waals surface area (Å²) >= 11 is 0. The van der Waals surface area contributed by atoms with Crippen LogP contribution >= 0.6 is 0 Å². The van der Waals surface area contributed by atoms with Crippen molar-refractivity contribution in [2.45, 2.75) is 51.6 Å². The fraction of sp³-hybridized carbons (Fsp3) is 0.833. The Morgan fingerprint density at radius 2 is 2.23 bits per heavy atom. The van der Waals surface area contributed by atoms with Crippen molar-refractivity contribution < 1.29 is 0 Å². The second-order valence-corrected chi connectivity index (χ2v) is 4.55. The van der Waals surface area contributed by atoms with Crippen molar-refractivity contribution >= 4 is 0 Å². The van der Waals surface area contributed by atoms with Crippen LogP contribution in [0.3, 0.4) is 0 Å². The molecule has 1 fully saturated rings. The molecule has 1 heteroatoms. The van der Waals surface area contributed by atoms with Gasteiger partial charge in [-0.3, -0.25) is 4.90 Å². The molecule has 0 unspecified atom stereocenters. The number of hydrogen-bond donors (Lipinski definition) is 0. The normalized spacial score (nSPS) is 39.4. The molecule has 3 atom stereocenters. The summed E-state index contributed by atoms with van der Waals surface area (Å²) in [6, 6.07) is 1.62. The fourth-order valence-electron chi connectivity index (χ4n) is 2.89. The van der Waals surface area contributed by atoms with Gasteiger partial charge in [0.1, 0.15) is 0 Å². The van der Waals surface area contributed by atoms with Gasteiger partial charge in [-0.05, 0) is 31.7 Å². The summed E-state index contributed by atoms with van der Waals surface area (Å²) in [5.74, 6) is 0.788. The van der Waals surface area contributed by atoms with Crippen LogP contribution in [0.1, 0.15) is 39.5 Å². The smallest absolute Gasteiger partial charge is 0.0281 e. The van der Waals surface area contributed by atoms with Crippen molar-refractivity contribution in [2.24, 2.45) is 5.92 Å². The fourth-order valence-corrected chi connectivity index (χ4v) is 2.89. The molecule has 2 aliphatic heterocycles. The van der Waals surface area contributed by atoms with E-state index >= 15 is 0 Å². The van der Waals surface area contributed by atoms with Gasteiger partial charge in [0.25, 0.3) is 0 Å². The molecule has 0 radical (unpaired) electrons. The highest BCUT2D eigenvalue weighted by Crippen LogP contribution is 2.32. The van der Waals surface area contributed by atoms with Crippen LogP contribution < -0.4 is 0 Å². The van der Waals surface area contributed by atoms with Gasteiger partial charge in [-0.15, -0.1) is 0 Å². The van der Waals surface area contributed by atoms with Gasteiger partial charge in [0.15, 0.2) is 0 Å². The van der Waals surface area contributed by atoms with E-state index in [9.17, 15) is 0 Å². The Morgan fingerprint density at radius 3 is 3.00 bits per heavy atom. The molecule has 2 heterocycles. The molecule has 0 saturated carbocycles. The first kappa shape index (κ1) is 9.26. The lowest BCUT2D eigenvalue weighted by molar-refractivity contribution is 0.160. The Labute approximate surface area is 81.8 Å². The molecule has 0 bridgehead atoms. The maximum absolute atomic E-state index is 2.73. The van der Waals surface area contributed by atoms with Crippen LogP contribution in [0.5, 0.6) is 0 Å².